The second kappa shape index (κ2) is 4.67. The Morgan fingerprint density at radius 1 is 0.947 bits per heavy atom. The van der Waals surface area contributed by atoms with Crippen molar-refractivity contribution in [1.29, 1.82) is 0 Å². The minimum Gasteiger partial charge on any atom is -0.331 e. The number of fused-ring (bicyclic) bond motifs is 1. The first kappa shape index (κ1) is 12.2. The zero-order valence-corrected chi connectivity index (χ0v) is 12.1. The summed E-state index contributed by atoms with van der Waals surface area (Å²) in [6.07, 6.45) is 0. The molecule has 1 N–H and O–H groups in total. The van der Waals surface area contributed by atoms with E-state index >= 15 is 0 Å². The van der Waals surface area contributed by atoms with Gasteiger partial charge < -0.3 is 5.32 Å². The SMILES string of the molecule is Cc1ccc(C)c(Nc2nc3cc(C)ccc3s2)c1. The van der Waals surface area contributed by atoms with Gasteiger partial charge >= 0.3 is 0 Å². The second-order valence-electron chi connectivity index (χ2n) is 4.93. The smallest absolute Gasteiger partial charge is 0.188 e. The highest BCUT2D eigenvalue weighted by Crippen LogP contribution is 2.30. The van der Waals surface area contributed by atoms with Crippen LogP contribution in [-0.2, 0) is 0 Å². The van der Waals surface area contributed by atoms with E-state index < -0.39 is 0 Å². The van der Waals surface area contributed by atoms with Gasteiger partial charge in [0.15, 0.2) is 5.13 Å². The zero-order chi connectivity index (χ0) is 13.4. The van der Waals surface area contributed by atoms with Crippen LogP contribution in [0, 0.1) is 20.8 Å². The van der Waals surface area contributed by atoms with Crippen LogP contribution in [0.4, 0.5) is 10.8 Å². The van der Waals surface area contributed by atoms with E-state index in [4.69, 9.17) is 0 Å². The monoisotopic (exact) mass is 268 g/mol. The number of aryl methyl sites for hydroxylation is 3. The van der Waals surface area contributed by atoms with Crippen molar-refractivity contribution in [2.75, 3.05) is 5.32 Å². The van der Waals surface area contributed by atoms with Crippen molar-refractivity contribution in [2.24, 2.45) is 0 Å². The number of hydrogen-bond donors (Lipinski definition) is 1. The fraction of sp³-hybridized carbons (Fsp3) is 0.188. The molecule has 3 aromatic rings. The van der Waals surface area contributed by atoms with Crippen LogP contribution in [-0.4, -0.2) is 4.98 Å². The summed E-state index contributed by atoms with van der Waals surface area (Å²) in [4.78, 5) is 4.65. The van der Waals surface area contributed by atoms with Gasteiger partial charge in [-0.05, 0) is 55.7 Å². The van der Waals surface area contributed by atoms with Gasteiger partial charge in [0.05, 0.1) is 10.2 Å². The molecule has 1 aromatic heterocycles. The van der Waals surface area contributed by atoms with Crippen molar-refractivity contribution in [3.05, 3.63) is 53.1 Å². The molecular weight excluding hydrogens is 252 g/mol. The van der Waals surface area contributed by atoms with Crippen molar-refractivity contribution in [1.82, 2.24) is 4.98 Å². The summed E-state index contributed by atoms with van der Waals surface area (Å²) < 4.78 is 1.22. The number of hydrogen-bond acceptors (Lipinski definition) is 3. The van der Waals surface area contributed by atoms with Crippen LogP contribution in [0.1, 0.15) is 16.7 Å². The van der Waals surface area contributed by atoms with Crippen LogP contribution in [0.5, 0.6) is 0 Å². The van der Waals surface area contributed by atoms with E-state index in [-0.39, 0.29) is 0 Å². The van der Waals surface area contributed by atoms with E-state index in [1.54, 1.807) is 11.3 Å². The molecule has 0 aliphatic rings. The van der Waals surface area contributed by atoms with E-state index in [1.165, 1.54) is 21.4 Å². The molecule has 3 rings (SSSR count). The molecule has 2 nitrogen and oxygen atoms in total. The largest absolute Gasteiger partial charge is 0.331 e. The zero-order valence-electron chi connectivity index (χ0n) is 11.3. The van der Waals surface area contributed by atoms with Gasteiger partial charge in [0.2, 0.25) is 0 Å². The van der Waals surface area contributed by atoms with E-state index in [1.807, 2.05) is 0 Å². The molecule has 19 heavy (non-hydrogen) atoms. The molecule has 3 heteroatoms. The lowest BCUT2D eigenvalue weighted by molar-refractivity contribution is 1.36. The number of aromatic nitrogens is 1. The van der Waals surface area contributed by atoms with Gasteiger partial charge in [0.1, 0.15) is 0 Å². The first-order valence-electron chi connectivity index (χ1n) is 6.33. The minimum atomic E-state index is 0.953. The predicted octanol–water partition coefficient (Wildman–Crippen LogP) is 4.97. The average molecular weight is 268 g/mol. The number of benzene rings is 2. The molecule has 0 aliphatic carbocycles. The molecule has 0 spiro atoms. The first-order valence-corrected chi connectivity index (χ1v) is 7.15. The number of nitrogens with zero attached hydrogens (tertiary/aromatic N) is 1. The molecule has 0 amide bonds. The number of rotatable bonds is 2. The normalized spacial score (nSPS) is 10.9. The maximum Gasteiger partial charge on any atom is 0.188 e. The molecule has 0 bridgehead atoms. The summed E-state index contributed by atoms with van der Waals surface area (Å²) in [5.41, 5.74) is 5.94. The van der Waals surface area contributed by atoms with Gasteiger partial charge in [-0.15, -0.1) is 0 Å². The van der Waals surface area contributed by atoms with Gasteiger partial charge in [-0.25, -0.2) is 4.98 Å². The summed E-state index contributed by atoms with van der Waals surface area (Å²) in [6, 6.07) is 12.8. The summed E-state index contributed by atoms with van der Waals surface area (Å²) in [5, 5.41) is 4.38. The Kier molecular flexibility index (Phi) is 2.99. The first-order chi connectivity index (χ1) is 9.11. The third-order valence-corrected chi connectivity index (χ3v) is 4.13. The van der Waals surface area contributed by atoms with Gasteiger partial charge in [-0.3, -0.25) is 0 Å². The number of anilines is 2. The Labute approximate surface area is 117 Å². The Balaban J connectivity index is 1.98. The average Bonchev–Trinajstić information content (AvgIpc) is 2.75. The lowest BCUT2D eigenvalue weighted by atomic mass is 10.1. The van der Waals surface area contributed by atoms with Crippen molar-refractivity contribution in [3.63, 3.8) is 0 Å². The lowest BCUT2D eigenvalue weighted by Gasteiger charge is -2.07. The third-order valence-electron chi connectivity index (χ3n) is 3.18. The number of thiazole rings is 1. The van der Waals surface area contributed by atoms with E-state index in [9.17, 15) is 0 Å². The van der Waals surface area contributed by atoms with Crippen LogP contribution in [0.15, 0.2) is 36.4 Å². The molecule has 0 aliphatic heterocycles. The molecule has 0 atom stereocenters. The van der Waals surface area contributed by atoms with Crippen molar-refractivity contribution >= 4 is 32.4 Å². The van der Waals surface area contributed by atoms with Crippen LogP contribution < -0.4 is 5.32 Å². The Morgan fingerprint density at radius 2 is 1.68 bits per heavy atom. The minimum absolute atomic E-state index is 0.953. The molecule has 0 unspecified atom stereocenters. The fourth-order valence-electron chi connectivity index (χ4n) is 2.08. The van der Waals surface area contributed by atoms with Crippen molar-refractivity contribution in [2.45, 2.75) is 20.8 Å². The molecule has 0 radical (unpaired) electrons. The highest BCUT2D eigenvalue weighted by Gasteiger charge is 2.05. The Bertz CT molecular complexity index is 744. The highest BCUT2D eigenvalue weighted by molar-refractivity contribution is 7.22. The summed E-state index contributed by atoms with van der Waals surface area (Å²) >= 11 is 1.69. The maximum atomic E-state index is 4.65. The summed E-state index contributed by atoms with van der Waals surface area (Å²) in [5.74, 6) is 0. The molecule has 0 saturated carbocycles. The third kappa shape index (κ3) is 2.47. The topological polar surface area (TPSA) is 24.9 Å². The van der Waals surface area contributed by atoms with Crippen LogP contribution in [0.3, 0.4) is 0 Å². The Morgan fingerprint density at radius 3 is 2.53 bits per heavy atom. The van der Waals surface area contributed by atoms with Crippen LogP contribution in [0.25, 0.3) is 10.2 Å². The molecular formula is C16H16N2S. The van der Waals surface area contributed by atoms with E-state index in [0.29, 0.717) is 0 Å². The quantitative estimate of drug-likeness (QED) is 0.710. The van der Waals surface area contributed by atoms with Gasteiger partial charge in [0, 0.05) is 5.69 Å². The predicted molar refractivity (Wildman–Crippen MR) is 83.6 cm³/mol. The standard InChI is InChI=1S/C16H16N2S/c1-10-4-6-12(3)13(8-10)17-16-18-14-9-11(2)5-7-15(14)19-16/h4-9H,1-3H3,(H,17,18). The number of nitrogens with one attached hydrogen (secondary N) is 1. The summed E-state index contributed by atoms with van der Waals surface area (Å²) in [6.45, 7) is 6.31. The highest BCUT2D eigenvalue weighted by atomic mass is 32.1. The molecule has 0 saturated heterocycles. The van der Waals surface area contributed by atoms with Crippen LogP contribution >= 0.6 is 11.3 Å². The summed E-state index contributed by atoms with van der Waals surface area (Å²) in [7, 11) is 0. The van der Waals surface area contributed by atoms with E-state index in [2.05, 4.69) is 67.5 Å². The molecule has 0 fully saturated rings. The second-order valence-corrected chi connectivity index (χ2v) is 5.96. The fourth-order valence-corrected chi connectivity index (χ4v) is 2.94. The van der Waals surface area contributed by atoms with Crippen LogP contribution in [0.2, 0.25) is 0 Å². The molecule has 96 valence electrons. The molecule has 2 aromatic carbocycles. The van der Waals surface area contributed by atoms with Gasteiger partial charge in [-0.2, -0.15) is 0 Å². The van der Waals surface area contributed by atoms with Crippen molar-refractivity contribution in [3.8, 4) is 0 Å². The van der Waals surface area contributed by atoms with Gasteiger partial charge in [-0.1, -0.05) is 29.5 Å². The lowest BCUT2D eigenvalue weighted by Crippen LogP contribution is -1.92. The molecule has 1 heterocycles. The Hall–Kier alpha value is -1.87. The van der Waals surface area contributed by atoms with Crippen molar-refractivity contribution < 1.29 is 0 Å². The van der Waals surface area contributed by atoms with Gasteiger partial charge in [0.25, 0.3) is 0 Å². The van der Waals surface area contributed by atoms with E-state index in [0.717, 1.165) is 16.3 Å². The maximum absolute atomic E-state index is 4.65.